The van der Waals surface area contributed by atoms with Gasteiger partial charge in [0.1, 0.15) is 5.82 Å². The Morgan fingerprint density at radius 2 is 2.08 bits per heavy atom. The topological polar surface area (TPSA) is 73.3 Å². The first kappa shape index (κ1) is 20.0. The van der Waals surface area contributed by atoms with Crippen LogP contribution in [-0.2, 0) is 6.54 Å². The molecule has 0 aliphatic carbocycles. The van der Waals surface area contributed by atoms with Crippen LogP contribution in [0.2, 0.25) is 5.02 Å². The Bertz CT molecular complexity index is 753. The molecule has 0 atom stereocenters. The molecule has 0 saturated heterocycles. The molecule has 1 amide bonds. The molecule has 0 bridgehead atoms. The Morgan fingerprint density at radius 3 is 2.77 bits per heavy atom. The zero-order chi connectivity index (χ0) is 18.9. The van der Waals surface area contributed by atoms with Crippen LogP contribution < -0.4 is 14.8 Å². The number of hydrogen-bond donors (Lipinski definition) is 1. The lowest BCUT2D eigenvalue weighted by molar-refractivity contribution is 0.0950. The summed E-state index contributed by atoms with van der Waals surface area (Å²) in [6.45, 7) is 7.06. The molecule has 140 valence electrons. The van der Waals surface area contributed by atoms with Gasteiger partial charge in [0.2, 0.25) is 0 Å². The van der Waals surface area contributed by atoms with Gasteiger partial charge in [-0.15, -0.1) is 0 Å². The highest BCUT2D eigenvalue weighted by Crippen LogP contribution is 2.36. The van der Waals surface area contributed by atoms with Crippen molar-refractivity contribution in [1.29, 1.82) is 0 Å². The van der Waals surface area contributed by atoms with Crippen LogP contribution in [0, 0.1) is 6.92 Å². The van der Waals surface area contributed by atoms with Gasteiger partial charge in [0.05, 0.1) is 30.5 Å². The molecule has 2 rings (SSSR count). The number of carbonyl (C=O) groups excluding carboxylic acids is 1. The summed E-state index contributed by atoms with van der Waals surface area (Å²) in [5.74, 6) is 1.35. The maximum absolute atomic E-state index is 12.5. The lowest BCUT2D eigenvalue weighted by Crippen LogP contribution is -2.23. The van der Waals surface area contributed by atoms with Gasteiger partial charge in [-0.2, -0.15) is 0 Å². The van der Waals surface area contributed by atoms with Crippen LogP contribution in [0.1, 0.15) is 48.6 Å². The highest BCUT2D eigenvalue weighted by Gasteiger charge is 2.16. The Kier molecular flexibility index (Phi) is 7.66. The molecule has 0 fully saturated rings. The van der Waals surface area contributed by atoms with Crippen molar-refractivity contribution in [2.24, 2.45) is 0 Å². The van der Waals surface area contributed by atoms with Gasteiger partial charge in [0.25, 0.3) is 5.91 Å². The monoisotopic (exact) mass is 377 g/mol. The van der Waals surface area contributed by atoms with Crippen molar-refractivity contribution in [1.82, 2.24) is 15.3 Å². The van der Waals surface area contributed by atoms with Crippen LogP contribution in [0.25, 0.3) is 0 Å². The van der Waals surface area contributed by atoms with E-state index in [1.165, 1.54) is 0 Å². The summed E-state index contributed by atoms with van der Waals surface area (Å²) < 4.78 is 11.3. The number of unbranched alkanes of at least 4 members (excludes halogenated alkanes) is 1. The predicted octanol–water partition coefficient (Wildman–Crippen LogP) is 3.95. The lowest BCUT2D eigenvalue weighted by Gasteiger charge is -2.15. The fourth-order valence-corrected chi connectivity index (χ4v) is 2.56. The fraction of sp³-hybridized carbons (Fsp3) is 0.421. The molecule has 1 heterocycles. The number of nitrogens with zero attached hydrogens (tertiary/aromatic N) is 2. The molecule has 0 saturated carbocycles. The maximum Gasteiger partial charge on any atom is 0.251 e. The highest BCUT2D eigenvalue weighted by molar-refractivity contribution is 6.32. The number of nitrogens with one attached hydrogen (secondary N) is 1. The predicted molar refractivity (Wildman–Crippen MR) is 101 cm³/mol. The molecule has 0 spiro atoms. The molecule has 1 aromatic carbocycles. The quantitative estimate of drug-likeness (QED) is 0.670. The van der Waals surface area contributed by atoms with E-state index in [1.807, 2.05) is 6.92 Å². The van der Waals surface area contributed by atoms with Gasteiger partial charge in [-0.05, 0) is 38.5 Å². The van der Waals surface area contributed by atoms with E-state index in [1.54, 1.807) is 31.3 Å². The number of hydrogen-bond acceptors (Lipinski definition) is 5. The second-order valence-corrected chi connectivity index (χ2v) is 6.11. The van der Waals surface area contributed by atoms with Crippen molar-refractivity contribution in [3.63, 3.8) is 0 Å². The van der Waals surface area contributed by atoms with Crippen LogP contribution >= 0.6 is 11.6 Å². The number of aromatic nitrogens is 2. The second kappa shape index (κ2) is 9.97. The molecular formula is C19H24ClN3O3. The van der Waals surface area contributed by atoms with Crippen LogP contribution in [0.5, 0.6) is 11.5 Å². The molecule has 1 aromatic heterocycles. The standard InChI is InChI=1S/C19H24ClN3O3/c1-4-6-9-26-18-16(20)10-14(11-17(18)25-5-2)19(24)22-12-15-7-8-21-13(3)23-15/h7-8,10-11H,4-6,9,12H2,1-3H3,(H,22,24). The average Bonchev–Trinajstić information content (AvgIpc) is 2.62. The van der Waals surface area contributed by atoms with E-state index in [-0.39, 0.29) is 5.91 Å². The van der Waals surface area contributed by atoms with Gasteiger partial charge in [0.15, 0.2) is 11.5 Å². The number of aryl methyl sites for hydroxylation is 1. The van der Waals surface area contributed by atoms with Gasteiger partial charge in [-0.1, -0.05) is 24.9 Å². The minimum Gasteiger partial charge on any atom is -0.490 e. The molecule has 26 heavy (non-hydrogen) atoms. The minimum absolute atomic E-state index is 0.260. The molecule has 0 unspecified atom stereocenters. The van der Waals surface area contributed by atoms with E-state index >= 15 is 0 Å². The van der Waals surface area contributed by atoms with Gasteiger partial charge < -0.3 is 14.8 Å². The van der Waals surface area contributed by atoms with E-state index < -0.39 is 0 Å². The van der Waals surface area contributed by atoms with Gasteiger partial charge >= 0.3 is 0 Å². The van der Waals surface area contributed by atoms with E-state index in [0.717, 1.165) is 18.5 Å². The molecule has 7 heteroatoms. The van der Waals surface area contributed by atoms with E-state index in [4.69, 9.17) is 21.1 Å². The number of benzene rings is 1. The molecule has 6 nitrogen and oxygen atoms in total. The van der Waals surface area contributed by atoms with Crippen molar-refractivity contribution >= 4 is 17.5 Å². The van der Waals surface area contributed by atoms with Crippen LogP contribution in [-0.4, -0.2) is 29.1 Å². The lowest BCUT2D eigenvalue weighted by atomic mass is 10.2. The minimum atomic E-state index is -0.260. The third-order valence-electron chi connectivity index (χ3n) is 3.58. The number of ether oxygens (including phenoxy) is 2. The largest absolute Gasteiger partial charge is 0.490 e. The normalized spacial score (nSPS) is 10.5. The highest BCUT2D eigenvalue weighted by atomic mass is 35.5. The van der Waals surface area contributed by atoms with Crippen LogP contribution in [0.15, 0.2) is 24.4 Å². The summed E-state index contributed by atoms with van der Waals surface area (Å²) in [5, 5.41) is 3.18. The zero-order valence-corrected chi connectivity index (χ0v) is 16.1. The molecule has 0 aliphatic rings. The maximum atomic E-state index is 12.5. The summed E-state index contributed by atoms with van der Waals surface area (Å²) in [4.78, 5) is 20.8. The Hall–Kier alpha value is -2.34. The van der Waals surface area contributed by atoms with Crippen LogP contribution in [0.4, 0.5) is 0 Å². The fourth-order valence-electron chi connectivity index (χ4n) is 2.30. The first-order valence-corrected chi connectivity index (χ1v) is 9.08. The van der Waals surface area contributed by atoms with E-state index in [9.17, 15) is 4.79 Å². The summed E-state index contributed by atoms with van der Waals surface area (Å²) in [6.07, 6.45) is 3.60. The second-order valence-electron chi connectivity index (χ2n) is 5.70. The molecular weight excluding hydrogens is 354 g/mol. The SMILES string of the molecule is CCCCOc1c(Cl)cc(C(=O)NCc2ccnc(C)n2)cc1OCC. The number of rotatable bonds is 9. The van der Waals surface area contributed by atoms with Crippen molar-refractivity contribution < 1.29 is 14.3 Å². The first-order valence-electron chi connectivity index (χ1n) is 8.71. The summed E-state index contributed by atoms with van der Waals surface area (Å²) >= 11 is 6.33. The zero-order valence-electron chi connectivity index (χ0n) is 15.3. The van der Waals surface area contributed by atoms with Crippen molar-refractivity contribution in [3.8, 4) is 11.5 Å². The summed E-state index contributed by atoms with van der Waals surface area (Å²) in [7, 11) is 0. The van der Waals surface area contributed by atoms with Crippen molar-refractivity contribution in [2.75, 3.05) is 13.2 Å². The van der Waals surface area contributed by atoms with Crippen molar-refractivity contribution in [2.45, 2.75) is 40.2 Å². The Labute approximate surface area is 158 Å². The van der Waals surface area contributed by atoms with Crippen LogP contribution in [0.3, 0.4) is 0 Å². The molecule has 1 N–H and O–H groups in total. The number of halogens is 1. The van der Waals surface area contributed by atoms with E-state index in [0.29, 0.717) is 47.7 Å². The summed E-state index contributed by atoms with van der Waals surface area (Å²) in [5.41, 5.74) is 1.15. The van der Waals surface area contributed by atoms with Gasteiger partial charge in [0, 0.05) is 11.8 Å². The third-order valence-corrected chi connectivity index (χ3v) is 3.86. The van der Waals surface area contributed by atoms with Crippen molar-refractivity contribution in [3.05, 3.63) is 46.5 Å². The smallest absolute Gasteiger partial charge is 0.251 e. The van der Waals surface area contributed by atoms with Gasteiger partial charge in [-0.3, -0.25) is 4.79 Å². The van der Waals surface area contributed by atoms with E-state index in [2.05, 4.69) is 22.2 Å². The number of amides is 1. The average molecular weight is 378 g/mol. The number of carbonyl (C=O) groups is 1. The Morgan fingerprint density at radius 1 is 1.27 bits per heavy atom. The first-order chi connectivity index (χ1) is 12.5. The van der Waals surface area contributed by atoms with Gasteiger partial charge in [-0.25, -0.2) is 9.97 Å². The third kappa shape index (κ3) is 5.59. The molecule has 2 aromatic rings. The Balaban J connectivity index is 2.13. The molecule has 0 radical (unpaired) electrons. The molecule has 0 aliphatic heterocycles. The summed E-state index contributed by atoms with van der Waals surface area (Å²) in [6, 6.07) is 5.00.